The molecule has 0 unspecified atom stereocenters. The topological polar surface area (TPSA) is 97.5 Å². The SMILES string of the molecule is NC[C@H](C(=O)O)C(=O)c1ccccc1C=O. The summed E-state index contributed by atoms with van der Waals surface area (Å²) in [6.07, 6.45) is 0.517. The average molecular weight is 221 g/mol. The molecule has 0 heterocycles. The minimum absolute atomic E-state index is 0.0929. The van der Waals surface area contributed by atoms with Crippen LogP contribution in [0.1, 0.15) is 20.7 Å². The van der Waals surface area contributed by atoms with Crippen LogP contribution in [0.25, 0.3) is 0 Å². The minimum atomic E-state index is -1.30. The molecule has 1 atom stereocenters. The molecule has 1 aromatic rings. The maximum absolute atomic E-state index is 11.8. The Balaban J connectivity index is 3.13. The second kappa shape index (κ2) is 5.18. The van der Waals surface area contributed by atoms with Crippen LogP contribution in [0.3, 0.4) is 0 Å². The number of carbonyl (C=O) groups is 3. The first-order chi connectivity index (χ1) is 7.61. The first kappa shape index (κ1) is 12.1. The van der Waals surface area contributed by atoms with E-state index in [2.05, 4.69) is 0 Å². The van der Waals surface area contributed by atoms with Gasteiger partial charge in [0.25, 0.3) is 0 Å². The largest absolute Gasteiger partial charge is 0.481 e. The number of aliphatic carboxylic acids is 1. The number of benzene rings is 1. The van der Waals surface area contributed by atoms with E-state index in [4.69, 9.17) is 10.8 Å². The quantitative estimate of drug-likeness (QED) is 0.424. The van der Waals surface area contributed by atoms with Gasteiger partial charge in [0.2, 0.25) is 0 Å². The van der Waals surface area contributed by atoms with Gasteiger partial charge in [0.05, 0.1) is 0 Å². The van der Waals surface area contributed by atoms with Gasteiger partial charge in [-0.05, 0) is 0 Å². The summed E-state index contributed by atoms with van der Waals surface area (Å²) in [6.45, 7) is -0.290. The van der Waals surface area contributed by atoms with Gasteiger partial charge in [-0.3, -0.25) is 14.4 Å². The lowest BCUT2D eigenvalue weighted by Crippen LogP contribution is -2.31. The van der Waals surface area contributed by atoms with Crippen molar-refractivity contribution < 1.29 is 19.5 Å². The lowest BCUT2D eigenvalue weighted by atomic mass is 9.94. The van der Waals surface area contributed by atoms with E-state index < -0.39 is 17.7 Å². The number of carbonyl (C=O) groups excluding carboxylic acids is 2. The number of Topliss-reactive ketones (excluding diaryl/α,β-unsaturated/α-hetero) is 1. The second-order valence-electron chi connectivity index (χ2n) is 3.20. The Bertz CT molecular complexity index is 428. The summed E-state index contributed by atoms with van der Waals surface area (Å²) in [7, 11) is 0. The Kier molecular flexibility index (Phi) is 3.90. The Morgan fingerprint density at radius 3 is 2.50 bits per heavy atom. The predicted molar refractivity (Wildman–Crippen MR) is 56.3 cm³/mol. The highest BCUT2D eigenvalue weighted by Crippen LogP contribution is 2.12. The van der Waals surface area contributed by atoms with Crippen molar-refractivity contribution in [1.82, 2.24) is 0 Å². The molecule has 0 aliphatic carbocycles. The molecule has 0 aromatic heterocycles. The van der Waals surface area contributed by atoms with Gasteiger partial charge in [-0.1, -0.05) is 24.3 Å². The first-order valence-electron chi connectivity index (χ1n) is 4.63. The summed E-state index contributed by atoms with van der Waals surface area (Å²) in [5.41, 5.74) is 5.48. The van der Waals surface area contributed by atoms with Crippen LogP contribution in [-0.2, 0) is 4.79 Å². The lowest BCUT2D eigenvalue weighted by molar-refractivity contribution is -0.139. The van der Waals surface area contributed by atoms with Crippen LogP contribution < -0.4 is 5.73 Å². The molecule has 0 radical (unpaired) electrons. The number of nitrogens with two attached hydrogens (primary N) is 1. The average Bonchev–Trinajstić information content (AvgIpc) is 2.29. The third-order valence-corrected chi connectivity index (χ3v) is 2.20. The Morgan fingerprint density at radius 1 is 1.38 bits per heavy atom. The zero-order valence-electron chi connectivity index (χ0n) is 8.42. The fourth-order valence-corrected chi connectivity index (χ4v) is 1.33. The maximum atomic E-state index is 11.8. The van der Waals surface area contributed by atoms with Crippen LogP contribution in [0.15, 0.2) is 24.3 Å². The van der Waals surface area contributed by atoms with Gasteiger partial charge in [0, 0.05) is 17.7 Å². The molecule has 0 aliphatic rings. The van der Waals surface area contributed by atoms with Crippen LogP contribution in [0.4, 0.5) is 0 Å². The summed E-state index contributed by atoms with van der Waals surface area (Å²) in [4.78, 5) is 33.2. The van der Waals surface area contributed by atoms with Gasteiger partial charge in [-0.2, -0.15) is 0 Å². The molecule has 0 saturated heterocycles. The van der Waals surface area contributed by atoms with E-state index in [1.54, 1.807) is 12.1 Å². The van der Waals surface area contributed by atoms with Gasteiger partial charge >= 0.3 is 5.97 Å². The third kappa shape index (κ3) is 2.32. The van der Waals surface area contributed by atoms with E-state index in [1.807, 2.05) is 0 Å². The van der Waals surface area contributed by atoms with Gasteiger partial charge in [-0.25, -0.2) is 0 Å². The highest BCUT2D eigenvalue weighted by Gasteiger charge is 2.27. The van der Waals surface area contributed by atoms with Crippen molar-refractivity contribution in [2.45, 2.75) is 0 Å². The molecule has 3 N–H and O–H groups in total. The number of ketones is 1. The molecule has 1 rings (SSSR count). The summed E-state index contributed by atoms with van der Waals surface area (Å²) >= 11 is 0. The van der Waals surface area contributed by atoms with Crippen molar-refractivity contribution in [1.29, 1.82) is 0 Å². The van der Waals surface area contributed by atoms with E-state index in [0.717, 1.165) is 0 Å². The van der Waals surface area contributed by atoms with Gasteiger partial charge < -0.3 is 10.8 Å². The molecule has 0 bridgehead atoms. The standard InChI is InChI=1S/C11H11NO4/c12-5-9(11(15)16)10(14)8-4-2-1-3-7(8)6-13/h1-4,6,9H,5,12H2,(H,15,16)/t9-/m0/s1. The number of aldehydes is 1. The molecule has 0 spiro atoms. The van der Waals surface area contributed by atoms with Crippen molar-refractivity contribution in [3.05, 3.63) is 35.4 Å². The van der Waals surface area contributed by atoms with E-state index in [9.17, 15) is 14.4 Å². The highest BCUT2D eigenvalue weighted by atomic mass is 16.4. The number of rotatable bonds is 5. The van der Waals surface area contributed by atoms with Gasteiger partial charge in [0.15, 0.2) is 12.1 Å². The third-order valence-electron chi connectivity index (χ3n) is 2.20. The summed E-state index contributed by atoms with van der Waals surface area (Å²) in [5, 5.41) is 8.78. The minimum Gasteiger partial charge on any atom is -0.481 e. The normalized spacial score (nSPS) is 11.8. The summed E-state index contributed by atoms with van der Waals surface area (Å²) < 4.78 is 0. The monoisotopic (exact) mass is 221 g/mol. The van der Waals surface area contributed by atoms with E-state index in [-0.39, 0.29) is 17.7 Å². The van der Waals surface area contributed by atoms with E-state index in [1.165, 1.54) is 12.1 Å². The molecule has 5 heteroatoms. The predicted octanol–water partition coefficient (Wildman–Crippen LogP) is 0.341. The summed E-state index contributed by atoms with van der Waals surface area (Å²) in [5.74, 6) is -3.23. The van der Waals surface area contributed by atoms with Crippen LogP contribution in [0.5, 0.6) is 0 Å². The highest BCUT2D eigenvalue weighted by molar-refractivity contribution is 6.11. The molecule has 16 heavy (non-hydrogen) atoms. The Hall–Kier alpha value is -2.01. The molecule has 0 saturated carbocycles. The Morgan fingerprint density at radius 2 is 2.00 bits per heavy atom. The lowest BCUT2D eigenvalue weighted by Gasteiger charge is -2.09. The van der Waals surface area contributed by atoms with Crippen LogP contribution in [-0.4, -0.2) is 29.7 Å². The van der Waals surface area contributed by atoms with Crippen molar-refractivity contribution in [2.75, 3.05) is 6.54 Å². The molecular weight excluding hydrogens is 210 g/mol. The molecule has 0 amide bonds. The number of carboxylic acid groups (broad SMARTS) is 1. The second-order valence-corrected chi connectivity index (χ2v) is 3.20. The fourth-order valence-electron chi connectivity index (χ4n) is 1.33. The number of carboxylic acids is 1. The number of hydrogen-bond donors (Lipinski definition) is 2. The van der Waals surface area contributed by atoms with Gasteiger partial charge in [0.1, 0.15) is 5.92 Å². The van der Waals surface area contributed by atoms with Crippen LogP contribution in [0, 0.1) is 5.92 Å². The smallest absolute Gasteiger partial charge is 0.315 e. The fraction of sp³-hybridized carbons (Fsp3) is 0.182. The molecule has 0 fully saturated rings. The maximum Gasteiger partial charge on any atom is 0.315 e. The van der Waals surface area contributed by atoms with Crippen molar-refractivity contribution in [2.24, 2.45) is 11.7 Å². The van der Waals surface area contributed by atoms with E-state index >= 15 is 0 Å². The Labute approximate surface area is 91.9 Å². The van der Waals surface area contributed by atoms with Crippen molar-refractivity contribution in [3.8, 4) is 0 Å². The van der Waals surface area contributed by atoms with Gasteiger partial charge in [-0.15, -0.1) is 0 Å². The number of hydrogen-bond acceptors (Lipinski definition) is 4. The molecule has 5 nitrogen and oxygen atoms in total. The van der Waals surface area contributed by atoms with Crippen LogP contribution in [0.2, 0.25) is 0 Å². The van der Waals surface area contributed by atoms with Crippen molar-refractivity contribution >= 4 is 18.0 Å². The zero-order valence-corrected chi connectivity index (χ0v) is 8.42. The molecule has 0 aliphatic heterocycles. The molecule has 84 valence electrons. The summed E-state index contributed by atoms with van der Waals surface area (Å²) in [6, 6.07) is 6.03. The first-order valence-corrected chi connectivity index (χ1v) is 4.63. The zero-order chi connectivity index (χ0) is 12.1. The van der Waals surface area contributed by atoms with Crippen molar-refractivity contribution in [3.63, 3.8) is 0 Å². The van der Waals surface area contributed by atoms with E-state index in [0.29, 0.717) is 6.29 Å². The van der Waals surface area contributed by atoms with Crippen LogP contribution >= 0.6 is 0 Å². The molecular formula is C11H11NO4. The molecule has 1 aromatic carbocycles.